The van der Waals surface area contributed by atoms with Gasteiger partial charge >= 0.3 is 35.8 Å². The largest absolute Gasteiger partial charge is 0.147 e. The van der Waals surface area contributed by atoms with E-state index in [1.165, 1.54) is 4.13 Å². The van der Waals surface area contributed by atoms with E-state index in [4.69, 9.17) is 0 Å². The number of hydrogen-bond acceptors (Lipinski definition) is 0. The zero-order valence-corrected chi connectivity index (χ0v) is 5.89. The van der Waals surface area contributed by atoms with Crippen molar-refractivity contribution in [1.29, 1.82) is 0 Å². The molecule has 0 unspecified atom stereocenters. The molecule has 2 heteroatoms. The zero-order chi connectivity index (χ0) is 2.71. The molecule has 0 rings (SSSR count). The molecule has 0 bridgehead atoms. The molecule has 0 nitrogen and oxygen atoms in total. The van der Waals surface area contributed by atoms with Crippen molar-refractivity contribution < 1.29 is 24.7 Å². The van der Waals surface area contributed by atoms with Gasteiger partial charge in [-0.15, -0.1) is 12.4 Å². The molecule has 0 atom stereocenters. The van der Waals surface area contributed by atoms with Crippen molar-refractivity contribution in [1.82, 2.24) is 0 Å². The van der Waals surface area contributed by atoms with Crippen LogP contribution in [0.25, 0.3) is 0 Å². The smallest absolute Gasteiger partial charge is 0.147 e. The average molecular weight is 157 g/mol. The molecule has 0 heterocycles. The first-order valence-electron chi connectivity index (χ1n) is 1.06. The van der Waals surface area contributed by atoms with Crippen molar-refractivity contribution in [2.75, 3.05) is 0 Å². The Morgan fingerprint density at radius 2 is 1.75 bits per heavy atom. The van der Waals surface area contributed by atoms with Gasteiger partial charge in [-0.2, -0.15) is 0 Å². The summed E-state index contributed by atoms with van der Waals surface area (Å²) < 4.78 is 1.34. The molecule has 0 aliphatic carbocycles. The first-order chi connectivity index (χ1) is 1.41. The summed E-state index contributed by atoms with van der Waals surface area (Å²) >= 11 is 1.64. The maximum absolute atomic E-state index is 2.16. The minimum absolute atomic E-state index is 0. The van der Waals surface area contributed by atoms with E-state index in [1.54, 1.807) is 24.7 Å². The van der Waals surface area contributed by atoms with Gasteiger partial charge in [-0.25, -0.2) is 0 Å². The van der Waals surface area contributed by atoms with Crippen LogP contribution in [0.2, 0.25) is 4.13 Å². The van der Waals surface area contributed by atoms with E-state index in [1.807, 2.05) is 0 Å². The molecule has 25 valence electrons. The molecule has 0 radical (unpaired) electrons. The van der Waals surface area contributed by atoms with Gasteiger partial charge in [0.25, 0.3) is 0 Å². The summed E-state index contributed by atoms with van der Waals surface area (Å²) in [4.78, 5) is 0. The van der Waals surface area contributed by atoms with Crippen LogP contribution in [0.4, 0.5) is 0 Å². The molecule has 0 saturated carbocycles. The van der Waals surface area contributed by atoms with Crippen LogP contribution in [-0.4, -0.2) is 0 Å². The van der Waals surface area contributed by atoms with E-state index in [2.05, 4.69) is 6.92 Å². The molecular formula is C2H6ClZr. The van der Waals surface area contributed by atoms with Crippen LogP contribution in [0.15, 0.2) is 0 Å². The second-order valence-electron chi connectivity index (χ2n) is 0.354. The van der Waals surface area contributed by atoms with E-state index in [0.717, 1.165) is 0 Å². The standard InChI is InChI=1S/C2H5.ClH.Zr/c1-2;;/h1H2,2H3;1H;. The third-order valence-electron chi connectivity index (χ3n) is 0. The van der Waals surface area contributed by atoms with Crippen molar-refractivity contribution in [3.63, 3.8) is 0 Å². The van der Waals surface area contributed by atoms with Crippen LogP contribution in [0.3, 0.4) is 0 Å². The van der Waals surface area contributed by atoms with Gasteiger partial charge in [-0.3, -0.25) is 0 Å². The third kappa shape index (κ3) is 10.9. The topological polar surface area (TPSA) is 0 Å². The molecular weight excluding hydrogens is 151 g/mol. The predicted molar refractivity (Wildman–Crippen MR) is 17.7 cm³/mol. The van der Waals surface area contributed by atoms with Crippen molar-refractivity contribution in [3.05, 3.63) is 0 Å². The van der Waals surface area contributed by atoms with Gasteiger partial charge in [0.15, 0.2) is 0 Å². The Morgan fingerprint density at radius 3 is 1.75 bits per heavy atom. The minimum atomic E-state index is 0. The predicted octanol–water partition coefficient (Wildman–Crippen LogP) is 1.39. The number of halogens is 1. The summed E-state index contributed by atoms with van der Waals surface area (Å²) in [5.74, 6) is 0. The molecule has 0 N–H and O–H groups in total. The molecule has 0 aliphatic rings. The van der Waals surface area contributed by atoms with Gasteiger partial charge < -0.3 is 0 Å². The van der Waals surface area contributed by atoms with E-state index in [-0.39, 0.29) is 12.4 Å². The SMILES string of the molecule is C[CH2][Zr].Cl. The Hall–Kier alpha value is 1.17. The third-order valence-corrected chi connectivity index (χ3v) is 0. The summed E-state index contributed by atoms with van der Waals surface area (Å²) in [7, 11) is 0. The van der Waals surface area contributed by atoms with Crippen molar-refractivity contribution in [2.24, 2.45) is 0 Å². The van der Waals surface area contributed by atoms with Crippen LogP contribution < -0.4 is 0 Å². The van der Waals surface area contributed by atoms with Crippen molar-refractivity contribution >= 4 is 12.4 Å². The summed E-state index contributed by atoms with van der Waals surface area (Å²) in [6.45, 7) is 2.16. The summed E-state index contributed by atoms with van der Waals surface area (Å²) in [5, 5.41) is 0. The normalized spacial score (nSPS) is 4.00. The van der Waals surface area contributed by atoms with Crippen molar-refractivity contribution in [3.8, 4) is 0 Å². The summed E-state index contributed by atoms with van der Waals surface area (Å²) in [6.07, 6.45) is 0. The average Bonchev–Trinajstić information content (AvgIpc) is 0.918. The second-order valence-corrected chi connectivity index (χ2v) is 2.09. The fourth-order valence-corrected chi connectivity index (χ4v) is 0. The molecule has 0 spiro atoms. The molecule has 0 aliphatic heterocycles. The van der Waals surface area contributed by atoms with Crippen LogP contribution in [0.1, 0.15) is 6.92 Å². The summed E-state index contributed by atoms with van der Waals surface area (Å²) in [6, 6.07) is 0. The maximum atomic E-state index is 2.16. The number of rotatable bonds is 0. The minimum Gasteiger partial charge on any atom is -0.147 e. The quantitative estimate of drug-likeness (QED) is 0.498. The first-order valence-corrected chi connectivity index (χ1v) is 2.80. The Labute approximate surface area is 48.2 Å². The van der Waals surface area contributed by atoms with Crippen LogP contribution in [-0.2, 0) is 24.7 Å². The molecule has 4 heavy (non-hydrogen) atoms. The molecule has 0 amide bonds. The zero-order valence-electron chi connectivity index (χ0n) is 2.62. The maximum Gasteiger partial charge on any atom is -0.147 e. The van der Waals surface area contributed by atoms with Crippen molar-refractivity contribution in [2.45, 2.75) is 11.1 Å². The van der Waals surface area contributed by atoms with E-state index < -0.39 is 0 Å². The van der Waals surface area contributed by atoms with Crippen LogP contribution >= 0.6 is 12.4 Å². The van der Waals surface area contributed by atoms with Crippen LogP contribution in [0.5, 0.6) is 0 Å². The Bertz CT molecular complexity index is 6.00. The number of hydrogen-bond donors (Lipinski definition) is 0. The van der Waals surface area contributed by atoms with E-state index >= 15 is 0 Å². The second kappa shape index (κ2) is 8.90. The Balaban J connectivity index is 0. The van der Waals surface area contributed by atoms with Gasteiger partial charge in [0.2, 0.25) is 0 Å². The van der Waals surface area contributed by atoms with Gasteiger partial charge in [0.1, 0.15) is 0 Å². The molecule has 0 aromatic heterocycles. The first kappa shape index (κ1) is 8.95. The molecule has 0 saturated heterocycles. The van der Waals surface area contributed by atoms with Gasteiger partial charge in [0, 0.05) is 0 Å². The van der Waals surface area contributed by atoms with E-state index in [9.17, 15) is 0 Å². The monoisotopic (exact) mass is 155 g/mol. The summed E-state index contributed by atoms with van der Waals surface area (Å²) in [5.41, 5.74) is 0. The Morgan fingerprint density at radius 1 is 1.75 bits per heavy atom. The van der Waals surface area contributed by atoms with Crippen LogP contribution in [0, 0.1) is 0 Å². The molecule has 0 aromatic rings. The van der Waals surface area contributed by atoms with Gasteiger partial charge in [0.05, 0.1) is 0 Å². The Kier molecular flexibility index (Phi) is 19.9. The van der Waals surface area contributed by atoms with E-state index in [0.29, 0.717) is 0 Å². The molecule has 0 fully saturated rings. The fourth-order valence-electron chi connectivity index (χ4n) is 0. The fraction of sp³-hybridized carbons (Fsp3) is 1.00. The van der Waals surface area contributed by atoms with Gasteiger partial charge in [-0.1, -0.05) is 0 Å². The van der Waals surface area contributed by atoms with Gasteiger partial charge in [-0.05, 0) is 0 Å². The molecule has 0 aromatic carbocycles.